The van der Waals surface area contributed by atoms with Crippen molar-refractivity contribution in [3.8, 4) is 0 Å². The maximum absolute atomic E-state index is 12.0. The summed E-state index contributed by atoms with van der Waals surface area (Å²) in [5.74, 6) is -1.64. The summed E-state index contributed by atoms with van der Waals surface area (Å²) in [4.78, 5) is 29.2. The molecule has 0 bridgehead atoms. The lowest BCUT2D eigenvalue weighted by molar-refractivity contribution is -0.187. The highest BCUT2D eigenvalue weighted by atomic mass is 16.5. The zero-order valence-corrected chi connectivity index (χ0v) is 11.0. The van der Waals surface area contributed by atoms with Gasteiger partial charge in [-0.15, -0.1) is 0 Å². The standard InChI is InChI=1S/C11H18N2O5/c1-10(8(14)17-3,13-6-5-12-7-13)11(2,16)9(15)18-4/h7,16H,5-6H2,1-4H3. The zero-order valence-electron chi connectivity index (χ0n) is 11.0. The predicted octanol–water partition coefficient (Wildman–Crippen LogP) is -0.814. The van der Waals surface area contributed by atoms with Crippen LogP contribution >= 0.6 is 0 Å². The number of hydrogen-bond acceptors (Lipinski definition) is 7. The van der Waals surface area contributed by atoms with Crippen molar-refractivity contribution in [2.75, 3.05) is 27.3 Å². The summed E-state index contributed by atoms with van der Waals surface area (Å²) in [7, 11) is 2.34. The number of hydrogen-bond donors (Lipinski definition) is 1. The molecule has 2 unspecified atom stereocenters. The Kier molecular flexibility index (Phi) is 3.95. The molecule has 0 saturated heterocycles. The van der Waals surface area contributed by atoms with Crippen LogP contribution in [0.2, 0.25) is 0 Å². The summed E-state index contributed by atoms with van der Waals surface area (Å²) in [5.41, 5.74) is -3.64. The molecule has 1 aliphatic rings. The molecule has 1 N–H and O–H groups in total. The van der Waals surface area contributed by atoms with Gasteiger partial charge in [-0.25, -0.2) is 9.59 Å². The summed E-state index contributed by atoms with van der Waals surface area (Å²) in [6.07, 6.45) is 1.42. The van der Waals surface area contributed by atoms with E-state index in [-0.39, 0.29) is 0 Å². The third-order valence-corrected chi connectivity index (χ3v) is 3.38. The topological polar surface area (TPSA) is 88.4 Å². The van der Waals surface area contributed by atoms with Crippen molar-refractivity contribution in [2.24, 2.45) is 4.99 Å². The van der Waals surface area contributed by atoms with Gasteiger partial charge in [-0.05, 0) is 13.8 Å². The van der Waals surface area contributed by atoms with Crippen LogP contribution in [-0.2, 0) is 19.1 Å². The van der Waals surface area contributed by atoms with E-state index in [1.807, 2.05) is 0 Å². The zero-order chi connectivity index (χ0) is 14.0. The number of nitrogens with zero attached hydrogens (tertiary/aromatic N) is 2. The molecule has 18 heavy (non-hydrogen) atoms. The number of carbonyl (C=O) groups is 2. The van der Waals surface area contributed by atoms with Gasteiger partial charge in [0.1, 0.15) is 0 Å². The van der Waals surface area contributed by atoms with Crippen molar-refractivity contribution >= 4 is 18.3 Å². The summed E-state index contributed by atoms with van der Waals surface area (Å²) in [5, 5.41) is 10.4. The van der Waals surface area contributed by atoms with Crippen LogP contribution in [0.25, 0.3) is 0 Å². The van der Waals surface area contributed by atoms with Gasteiger partial charge in [0.2, 0.25) is 0 Å². The first kappa shape index (κ1) is 14.4. The molecule has 1 aliphatic heterocycles. The molecule has 0 amide bonds. The molecule has 7 nitrogen and oxygen atoms in total. The second-order valence-corrected chi connectivity index (χ2v) is 4.34. The highest BCUT2D eigenvalue weighted by Crippen LogP contribution is 2.31. The van der Waals surface area contributed by atoms with Gasteiger partial charge in [0, 0.05) is 6.54 Å². The van der Waals surface area contributed by atoms with E-state index in [1.54, 1.807) is 0 Å². The maximum atomic E-state index is 12.0. The minimum Gasteiger partial charge on any atom is -0.467 e. The lowest BCUT2D eigenvalue weighted by Crippen LogP contribution is -2.68. The van der Waals surface area contributed by atoms with Crippen LogP contribution < -0.4 is 0 Å². The van der Waals surface area contributed by atoms with Crippen molar-refractivity contribution < 1.29 is 24.2 Å². The highest BCUT2D eigenvalue weighted by molar-refractivity contribution is 5.94. The smallest absolute Gasteiger partial charge is 0.340 e. The molecule has 0 radical (unpaired) electrons. The fourth-order valence-corrected chi connectivity index (χ4v) is 1.91. The van der Waals surface area contributed by atoms with Crippen molar-refractivity contribution in [1.82, 2.24) is 4.90 Å². The van der Waals surface area contributed by atoms with Crippen LogP contribution in [0.5, 0.6) is 0 Å². The second kappa shape index (κ2) is 4.93. The van der Waals surface area contributed by atoms with Gasteiger partial charge in [0.05, 0.1) is 27.1 Å². The Labute approximate surface area is 105 Å². The van der Waals surface area contributed by atoms with Gasteiger partial charge in [-0.3, -0.25) is 4.99 Å². The quantitative estimate of drug-likeness (QED) is 0.663. The SMILES string of the molecule is COC(=O)C(C)(O)C(C)(C(=O)OC)N1C=NCC1. The van der Waals surface area contributed by atoms with Crippen molar-refractivity contribution in [3.63, 3.8) is 0 Å². The number of aliphatic hydroxyl groups is 1. The van der Waals surface area contributed by atoms with Gasteiger partial charge in [0.25, 0.3) is 0 Å². The van der Waals surface area contributed by atoms with Crippen LogP contribution in [0, 0.1) is 0 Å². The van der Waals surface area contributed by atoms with E-state index in [0.717, 1.165) is 7.11 Å². The fraction of sp³-hybridized carbons (Fsp3) is 0.727. The molecule has 7 heteroatoms. The largest absolute Gasteiger partial charge is 0.467 e. The van der Waals surface area contributed by atoms with Gasteiger partial charge < -0.3 is 19.5 Å². The Morgan fingerprint density at radius 2 is 1.83 bits per heavy atom. The van der Waals surface area contributed by atoms with Crippen LogP contribution in [0.3, 0.4) is 0 Å². The Bertz CT molecular complexity index is 380. The first-order valence-corrected chi connectivity index (χ1v) is 5.48. The van der Waals surface area contributed by atoms with Crippen molar-refractivity contribution in [3.05, 3.63) is 0 Å². The van der Waals surface area contributed by atoms with E-state index in [9.17, 15) is 14.7 Å². The Morgan fingerprint density at radius 3 is 2.22 bits per heavy atom. The second-order valence-electron chi connectivity index (χ2n) is 4.34. The van der Waals surface area contributed by atoms with E-state index in [4.69, 9.17) is 4.74 Å². The molecular formula is C11H18N2O5. The molecule has 2 atom stereocenters. The first-order chi connectivity index (χ1) is 8.32. The van der Waals surface area contributed by atoms with E-state index in [0.29, 0.717) is 13.1 Å². The molecule has 0 spiro atoms. The average Bonchev–Trinajstić information content (AvgIpc) is 2.89. The maximum Gasteiger partial charge on any atom is 0.340 e. The molecule has 1 heterocycles. The van der Waals surface area contributed by atoms with Gasteiger partial charge in [0.15, 0.2) is 11.1 Å². The monoisotopic (exact) mass is 258 g/mol. The molecule has 0 saturated carbocycles. The number of methoxy groups -OCH3 is 2. The van der Waals surface area contributed by atoms with Crippen LogP contribution in [0.15, 0.2) is 4.99 Å². The Hall–Kier alpha value is -1.63. The van der Waals surface area contributed by atoms with Crippen LogP contribution in [-0.4, -0.2) is 66.7 Å². The Balaban J connectivity index is 3.23. The van der Waals surface area contributed by atoms with E-state index in [1.165, 1.54) is 32.2 Å². The molecule has 0 aromatic carbocycles. The third-order valence-electron chi connectivity index (χ3n) is 3.38. The summed E-state index contributed by atoms with van der Waals surface area (Å²) in [6.45, 7) is 3.55. The van der Waals surface area contributed by atoms with E-state index >= 15 is 0 Å². The number of esters is 2. The Morgan fingerprint density at radius 1 is 1.28 bits per heavy atom. The third kappa shape index (κ3) is 1.94. The number of carbonyl (C=O) groups excluding carboxylic acids is 2. The molecule has 0 aliphatic carbocycles. The fourth-order valence-electron chi connectivity index (χ4n) is 1.91. The summed E-state index contributed by atoms with van der Waals surface area (Å²) >= 11 is 0. The van der Waals surface area contributed by atoms with Crippen LogP contribution in [0.4, 0.5) is 0 Å². The normalized spacial score (nSPS) is 21.1. The lowest BCUT2D eigenvalue weighted by Gasteiger charge is -2.43. The van der Waals surface area contributed by atoms with Crippen molar-refractivity contribution in [1.29, 1.82) is 0 Å². The summed E-state index contributed by atoms with van der Waals surface area (Å²) in [6, 6.07) is 0. The van der Waals surface area contributed by atoms with E-state index in [2.05, 4.69) is 9.73 Å². The molecule has 0 aromatic rings. The first-order valence-electron chi connectivity index (χ1n) is 5.48. The minimum absolute atomic E-state index is 0.415. The van der Waals surface area contributed by atoms with Gasteiger partial charge in [-0.2, -0.15) is 0 Å². The minimum atomic E-state index is -2.05. The lowest BCUT2D eigenvalue weighted by atomic mass is 9.81. The molecule has 1 rings (SSSR count). The van der Waals surface area contributed by atoms with Gasteiger partial charge in [-0.1, -0.05) is 0 Å². The number of ether oxygens (including phenoxy) is 2. The van der Waals surface area contributed by atoms with Crippen molar-refractivity contribution in [2.45, 2.75) is 25.0 Å². The summed E-state index contributed by atoms with van der Waals surface area (Å²) < 4.78 is 9.25. The highest BCUT2D eigenvalue weighted by Gasteiger charge is 2.59. The molecule has 102 valence electrons. The average molecular weight is 258 g/mol. The number of aliphatic imine (C=N–C) groups is 1. The predicted molar refractivity (Wildman–Crippen MR) is 63.1 cm³/mol. The molecule has 0 aromatic heterocycles. The number of rotatable bonds is 4. The van der Waals surface area contributed by atoms with Gasteiger partial charge >= 0.3 is 11.9 Å². The van der Waals surface area contributed by atoms with Crippen LogP contribution in [0.1, 0.15) is 13.8 Å². The van der Waals surface area contributed by atoms with E-state index < -0.39 is 23.1 Å². The molecule has 0 fully saturated rings. The molecular weight excluding hydrogens is 240 g/mol.